The fraction of sp³-hybridized carbons (Fsp3) is 0.833. The molecule has 1 aliphatic rings. The number of rotatable bonds is 5. The van der Waals surface area contributed by atoms with Gasteiger partial charge in [0.2, 0.25) is 5.91 Å². The number of aliphatic carboxylic acids is 1. The molecule has 0 aromatic heterocycles. The molecule has 1 fully saturated rings. The van der Waals surface area contributed by atoms with Crippen LogP contribution < -0.4 is 10.6 Å². The summed E-state index contributed by atoms with van der Waals surface area (Å²) in [7, 11) is 0. The van der Waals surface area contributed by atoms with Crippen LogP contribution in [0.25, 0.3) is 0 Å². The number of amides is 1. The molecule has 1 aliphatic heterocycles. The summed E-state index contributed by atoms with van der Waals surface area (Å²) in [6, 6.07) is -0.442. The molecule has 0 radical (unpaired) electrons. The van der Waals surface area contributed by atoms with Crippen LogP contribution in [0.1, 0.15) is 39.5 Å². The number of carboxylic acid groups (broad SMARTS) is 1. The normalized spacial score (nSPS) is 26.2. The number of carboxylic acids is 1. The molecule has 98 valence electrons. The molecule has 3 unspecified atom stereocenters. The van der Waals surface area contributed by atoms with E-state index in [0.717, 1.165) is 19.4 Å². The number of carbonyl (C=O) groups is 2. The first-order chi connectivity index (χ1) is 8.04. The van der Waals surface area contributed by atoms with Gasteiger partial charge in [0, 0.05) is 6.04 Å². The summed E-state index contributed by atoms with van der Waals surface area (Å²) in [6.07, 6.45) is 2.76. The van der Waals surface area contributed by atoms with Crippen LogP contribution in [0.4, 0.5) is 0 Å². The molecule has 0 aromatic rings. The van der Waals surface area contributed by atoms with Gasteiger partial charge in [-0.05, 0) is 31.7 Å². The molecule has 0 saturated carbocycles. The number of hydrogen-bond acceptors (Lipinski definition) is 3. The zero-order valence-corrected chi connectivity index (χ0v) is 10.5. The van der Waals surface area contributed by atoms with E-state index in [2.05, 4.69) is 17.6 Å². The second kappa shape index (κ2) is 6.59. The van der Waals surface area contributed by atoms with Crippen molar-refractivity contribution in [2.45, 2.75) is 51.6 Å². The third kappa shape index (κ3) is 4.34. The van der Waals surface area contributed by atoms with Crippen LogP contribution in [-0.4, -0.2) is 35.6 Å². The molecule has 0 spiro atoms. The van der Waals surface area contributed by atoms with Gasteiger partial charge >= 0.3 is 5.97 Å². The molecule has 5 heteroatoms. The number of piperidine rings is 1. The molecule has 1 saturated heterocycles. The van der Waals surface area contributed by atoms with E-state index in [0.29, 0.717) is 12.3 Å². The quantitative estimate of drug-likeness (QED) is 0.664. The van der Waals surface area contributed by atoms with Crippen molar-refractivity contribution in [3.63, 3.8) is 0 Å². The Bertz CT molecular complexity index is 281. The summed E-state index contributed by atoms with van der Waals surface area (Å²) in [5.41, 5.74) is 0. The third-order valence-electron chi connectivity index (χ3n) is 3.31. The first-order valence-electron chi connectivity index (χ1n) is 6.30. The number of carbonyl (C=O) groups excluding carboxylic acids is 1. The van der Waals surface area contributed by atoms with Gasteiger partial charge in [-0.1, -0.05) is 13.8 Å². The van der Waals surface area contributed by atoms with E-state index in [1.807, 2.05) is 6.92 Å². The van der Waals surface area contributed by atoms with Crippen molar-refractivity contribution in [1.29, 1.82) is 0 Å². The van der Waals surface area contributed by atoms with E-state index < -0.39 is 5.97 Å². The Morgan fingerprint density at radius 1 is 1.53 bits per heavy atom. The van der Waals surface area contributed by atoms with Crippen LogP contribution in [0, 0.1) is 5.92 Å². The van der Waals surface area contributed by atoms with Gasteiger partial charge in [-0.25, -0.2) is 0 Å². The molecule has 17 heavy (non-hydrogen) atoms. The first-order valence-corrected chi connectivity index (χ1v) is 6.30. The highest BCUT2D eigenvalue weighted by molar-refractivity contribution is 5.83. The van der Waals surface area contributed by atoms with Crippen molar-refractivity contribution >= 4 is 11.9 Å². The van der Waals surface area contributed by atoms with E-state index in [1.165, 1.54) is 0 Å². The van der Waals surface area contributed by atoms with Gasteiger partial charge in [0.1, 0.15) is 0 Å². The zero-order chi connectivity index (χ0) is 12.8. The van der Waals surface area contributed by atoms with Gasteiger partial charge in [-0.15, -0.1) is 0 Å². The van der Waals surface area contributed by atoms with Crippen LogP contribution in [0.2, 0.25) is 0 Å². The molecule has 0 aliphatic carbocycles. The molecule has 5 nitrogen and oxygen atoms in total. The van der Waals surface area contributed by atoms with Gasteiger partial charge in [0.25, 0.3) is 0 Å². The Morgan fingerprint density at radius 3 is 2.76 bits per heavy atom. The molecule has 0 bridgehead atoms. The Labute approximate surface area is 102 Å². The fourth-order valence-corrected chi connectivity index (χ4v) is 2.20. The Morgan fingerprint density at radius 2 is 2.24 bits per heavy atom. The first kappa shape index (κ1) is 14.0. The maximum Gasteiger partial charge on any atom is 0.305 e. The fourth-order valence-electron chi connectivity index (χ4n) is 2.20. The van der Waals surface area contributed by atoms with Crippen molar-refractivity contribution in [3.05, 3.63) is 0 Å². The average Bonchev–Trinajstić information content (AvgIpc) is 2.27. The van der Waals surface area contributed by atoms with E-state index >= 15 is 0 Å². The number of nitrogens with one attached hydrogen (secondary N) is 2. The molecule has 0 aromatic carbocycles. The van der Waals surface area contributed by atoms with Crippen molar-refractivity contribution in [2.24, 2.45) is 5.92 Å². The molecule has 3 N–H and O–H groups in total. The molecule has 1 rings (SSSR count). The maximum atomic E-state index is 12.0. The SMILES string of the molecule is CCC(CC(=O)O)NC(=O)C1NCCCC1C. The summed E-state index contributed by atoms with van der Waals surface area (Å²) < 4.78 is 0. The summed E-state index contributed by atoms with van der Waals surface area (Å²) in [4.78, 5) is 22.6. The summed E-state index contributed by atoms with van der Waals surface area (Å²) in [5, 5.41) is 14.7. The largest absolute Gasteiger partial charge is 0.481 e. The van der Waals surface area contributed by atoms with Gasteiger partial charge in [-0.3, -0.25) is 9.59 Å². The van der Waals surface area contributed by atoms with Crippen LogP contribution >= 0.6 is 0 Å². The van der Waals surface area contributed by atoms with Crippen LogP contribution in [0.5, 0.6) is 0 Å². The van der Waals surface area contributed by atoms with E-state index in [1.54, 1.807) is 0 Å². The monoisotopic (exact) mass is 242 g/mol. The van der Waals surface area contributed by atoms with Gasteiger partial charge < -0.3 is 15.7 Å². The second-order valence-corrected chi connectivity index (χ2v) is 4.76. The van der Waals surface area contributed by atoms with Crippen molar-refractivity contribution in [3.8, 4) is 0 Å². The molecular weight excluding hydrogens is 220 g/mol. The Hall–Kier alpha value is -1.10. The lowest BCUT2D eigenvalue weighted by atomic mass is 9.92. The number of hydrogen-bond donors (Lipinski definition) is 3. The lowest BCUT2D eigenvalue weighted by Crippen LogP contribution is -2.53. The standard InChI is InChI=1S/C12H22N2O3/c1-3-9(7-10(15)16)14-12(17)11-8(2)5-4-6-13-11/h8-9,11,13H,3-7H2,1-2H3,(H,14,17)(H,15,16). The molecule has 1 amide bonds. The Kier molecular flexibility index (Phi) is 5.41. The summed E-state index contributed by atoms with van der Waals surface area (Å²) in [6.45, 7) is 4.79. The Balaban J connectivity index is 2.48. The van der Waals surface area contributed by atoms with Crippen molar-refractivity contribution in [1.82, 2.24) is 10.6 Å². The molecule has 1 heterocycles. The summed E-state index contributed by atoms with van der Waals surface area (Å²) >= 11 is 0. The highest BCUT2D eigenvalue weighted by Gasteiger charge is 2.28. The predicted molar refractivity (Wildman–Crippen MR) is 64.7 cm³/mol. The van der Waals surface area contributed by atoms with Crippen molar-refractivity contribution < 1.29 is 14.7 Å². The minimum atomic E-state index is -0.873. The maximum absolute atomic E-state index is 12.0. The highest BCUT2D eigenvalue weighted by atomic mass is 16.4. The molecular formula is C12H22N2O3. The van der Waals surface area contributed by atoms with Crippen LogP contribution in [0.15, 0.2) is 0 Å². The van der Waals surface area contributed by atoms with Crippen molar-refractivity contribution in [2.75, 3.05) is 6.54 Å². The average molecular weight is 242 g/mol. The van der Waals surface area contributed by atoms with E-state index in [4.69, 9.17) is 5.11 Å². The van der Waals surface area contributed by atoms with Gasteiger partial charge in [0.15, 0.2) is 0 Å². The second-order valence-electron chi connectivity index (χ2n) is 4.76. The molecule has 3 atom stereocenters. The lowest BCUT2D eigenvalue weighted by molar-refractivity contribution is -0.137. The minimum absolute atomic E-state index is 0.0106. The van der Waals surface area contributed by atoms with E-state index in [9.17, 15) is 9.59 Å². The highest BCUT2D eigenvalue weighted by Crippen LogP contribution is 2.16. The lowest BCUT2D eigenvalue weighted by Gasteiger charge is -2.30. The smallest absolute Gasteiger partial charge is 0.305 e. The zero-order valence-electron chi connectivity index (χ0n) is 10.5. The van der Waals surface area contributed by atoms with Crippen LogP contribution in [0.3, 0.4) is 0 Å². The topological polar surface area (TPSA) is 78.4 Å². The third-order valence-corrected chi connectivity index (χ3v) is 3.31. The van der Waals surface area contributed by atoms with Gasteiger partial charge in [0.05, 0.1) is 12.5 Å². The van der Waals surface area contributed by atoms with E-state index in [-0.39, 0.29) is 24.4 Å². The minimum Gasteiger partial charge on any atom is -0.481 e. The predicted octanol–water partition coefficient (Wildman–Crippen LogP) is 0.744. The van der Waals surface area contributed by atoms with Gasteiger partial charge in [-0.2, -0.15) is 0 Å². The van der Waals surface area contributed by atoms with Crippen LogP contribution in [-0.2, 0) is 9.59 Å². The summed E-state index contributed by atoms with van der Waals surface area (Å²) in [5.74, 6) is -0.627.